The molecule has 5 heteroatoms. The van der Waals surface area contributed by atoms with Gasteiger partial charge in [0.15, 0.2) is 18.1 Å². The van der Waals surface area contributed by atoms with E-state index in [9.17, 15) is 5.11 Å². The monoisotopic (exact) mass is 284 g/mol. The summed E-state index contributed by atoms with van der Waals surface area (Å²) in [7, 11) is 1.52. The lowest BCUT2D eigenvalue weighted by Crippen LogP contribution is -2.00. The molecule has 0 aliphatic carbocycles. The molecule has 2 aromatic carbocycles. The van der Waals surface area contributed by atoms with Crippen molar-refractivity contribution >= 4 is 5.69 Å². The van der Waals surface area contributed by atoms with Crippen molar-refractivity contribution in [2.75, 3.05) is 19.0 Å². The third-order valence-corrected chi connectivity index (χ3v) is 2.94. The minimum Gasteiger partial charge on any atom is -0.504 e. The molecular weight excluding hydrogens is 268 g/mol. The van der Waals surface area contributed by atoms with Crippen LogP contribution >= 0.6 is 0 Å². The number of methoxy groups -OCH3 is 1. The lowest BCUT2D eigenvalue weighted by Gasteiger charge is -2.11. The van der Waals surface area contributed by atoms with Gasteiger partial charge in [0.2, 0.25) is 0 Å². The molecule has 21 heavy (non-hydrogen) atoms. The van der Waals surface area contributed by atoms with Crippen molar-refractivity contribution < 1.29 is 14.6 Å². The van der Waals surface area contributed by atoms with Gasteiger partial charge in [0.1, 0.15) is 11.8 Å². The fourth-order valence-corrected chi connectivity index (χ4v) is 1.86. The summed E-state index contributed by atoms with van der Waals surface area (Å²) in [6.45, 7) is 0.506. The highest BCUT2D eigenvalue weighted by Gasteiger charge is 2.06. The van der Waals surface area contributed by atoms with Crippen LogP contribution < -0.4 is 14.8 Å². The third-order valence-electron chi connectivity index (χ3n) is 2.94. The molecular formula is C16H16N2O3. The molecule has 0 aliphatic heterocycles. The zero-order chi connectivity index (χ0) is 15.1. The van der Waals surface area contributed by atoms with E-state index in [-0.39, 0.29) is 12.4 Å². The first-order valence-corrected chi connectivity index (χ1v) is 6.43. The quantitative estimate of drug-likeness (QED) is 0.853. The molecule has 0 atom stereocenters. The largest absolute Gasteiger partial charge is 0.504 e. The summed E-state index contributed by atoms with van der Waals surface area (Å²) in [5.41, 5.74) is 1.64. The van der Waals surface area contributed by atoms with Gasteiger partial charge in [-0.05, 0) is 30.3 Å². The van der Waals surface area contributed by atoms with Crippen molar-refractivity contribution in [3.63, 3.8) is 0 Å². The maximum Gasteiger partial charge on any atom is 0.174 e. The first kappa shape index (κ1) is 14.5. The fraction of sp³-hybridized carbons (Fsp3) is 0.188. The van der Waals surface area contributed by atoms with E-state index in [1.54, 1.807) is 18.2 Å². The zero-order valence-electron chi connectivity index (χ0n) is 11.7. The Morgan fingerprint density at radius 2 is 1.95 bits per heavy atom. The molecule has 0 aromatic heterocycles. The number of phenolic OH excluding ortho intramolecular Hbond substituents is 1. The van der Waals surface area contributed by atoms with Crippen LogP contribution in [-0.2, 0) is 6.54 Å². The minimum absolute atomic E-state index is 0.0322. The van der Waals surface area contributed by atoms with Crippen LogP contribution in [0.15, 0.2) is 42.5 Å². The number of hydrogen-bond donors (Lipinski definition) is 2. The molecule has 0 fully saturated rings. The van der Waals surface area contributed by atoms with Crippen LogP contribution in [0.2, 0.25) is 0 Å². The van der Waals surface area contributed by atoms with E-state index < -0.39 is 0 Å². The Kier molecular flexibility index (Phi) is 4.89. The van der Waals surface area contributed by atoms with Crippen molar-refractivity contribution in [3.8, 4) is 23.3 Å². The Morgan fingerprint density at radius 1 is 1.19 bits per heavy atom. The highest BCUT2D eigenvalue weighted by molar-refractivity contribution is 5.50. The minimum atomic E-state index is 0.0322. The first-order valence-electron chi connectivity index (χ1n) is 6.43. The molecule has 0 aliphatic rings. The summed E-state index contributed by atoms with van der Waals surface area (Å²) in [6, 6.07) is 14.5. The molecule has 5 nitrogen and oxygen atoms in total. The third kappa shape index (κ3) is 3.80. The topological polar surface area (TPSA) is 74.5 Å². The maximum absolute atomic E-state index is 9.99. The number of aromatic hydroxyl groups is 1. The molecule has 0 unspecified atom stereocenters. The maximum atomic E-state index is 9.99. The Labute approximate surface area is 123 Å². The molecule has 0 bridgehead atoms. The highest BCUT2D eigenvalue weighted by Crippen LogP contribution is 2.29. The van der Waals surface area contributed by atoms with Gasteiger partial charge < -0.3 is 19.9 Å². The number of phenols is 1. The van der Waals surface area contributed by atoms with Gasteiger partial charge in [0, 0.05) is 17.8 Å². The van der Waals surface area contributed by atoms with E-state index in [1.807, 2.05) is 30.3 Å². The van der Waals surface area contributed by atoms with Gasteiger partial charge in [-0.15, -0.1) is 0 Å². The average Bonchev–Trinajstić information content (AvgIpc) is 2.53. The van der Waals surface area contributed by atoms with Gasteiger partial charge in [0.25, 0.3) is 0 Å². The average molecular weight is 284 g/mol. The molecule has 108 valence electrons. The summed E-state index contributed by atoms with van der Waals surface area (Å²) < 4.78 is 10.2. The standard InChI is InChI=1S/C16H16N2O3/c1-20-15-4-2-3-12(16(15)19)11-18-13-5-7-14(8-6-13)21-10-9-17/h2-8,18-19H,10-11H2,1H3. The number of ether oxygens (including phenoxy) is 2. The Hall–Kier alpha value is -2.87. The van der Waals surface area contributed by atoms with Gasteiger partial charge in [-0.1, -0.05) is 12.1 Å². The second kappa shape index (κ2) is 7.06. The first-order chi connectivity index (χ1) is 10.2. The molecule has 0 amide bonds. The van der Waals surface area contributed by atoms with Crippen molar-refractivity contribution in [2.45, 2.75) is 6.54 Å². The number of nitriles is 1. The second-order valence-corrected chi connectivity index (χ2v) is 4.29. The van der Waals surface area contributed by atoms with Crippen LogP contribution in [0.4, 0.5) is 5.69 Å². The van der Waals surface area contributed by atoms with Crippen LogP contribution in [0.5, 0.6) is 17.2 Å². The Morgan fingerprint density at radius 3 is 2.62 bits per heavy atom. The highest BCUT2D eigenvalue weighted by atomic mass is 16.5. The summed E-state index contributed by atoms with van der Waals surface area (Å²) in [5, 5.41) is 21.6. The Balaban J connectivity index is 1.98. The molecule has 2 aromatic rings. The van der Waals surface area contributed by atoms with E-state index in [0.29, 0.717) is 18.0 Å². The van der Waals surface area contributed by atoms with Crippen molar-refractivity contribution in [1.29, 1.82) is 5.26 Å². The molecule has 0 saturated heterocycles. The number of hydrogen-bond acceptors (Lipinski definition) is 5. The molecule has 0 saturated carbocycles. The van der Waals surface area contributed by atoms with Crippen molar-refractivity contribution in [2.24, 2.45) is 0 Å². The zero-order valence-corrected chi connectivity index (χ0v) is 11.7. The van der Waals surface area contributed by atoms with E-state index >= 15 is 0 Å². The van der Waals surface area contributed by atoms with Gasteiger partial charge in [-0.3, -0.25) is 0 Å². The van der Waals surface area contributed by atoms with Gasteiger partial charge in [-0.25, -0.2) is 0 Å². The number of para-hydroxylation sites is 1. The summed E-state index contributed by atoms with van der Waals surface area (Å²) >= 11 is 0. The number of anilines is 1. The van der Waals surface area contributed by atoms with Crippen LogP contribution in [-0.4, -0.2) is 18.8 Å². The number of rotatable bonds is 6. The van der Waals surface area contributed by atoms with E-state index in [1.165, 1.54) is 7.11 Å². The second-order valence-electron chi connectivity index (χ2n) is 4.29. The van der Waals surface area contributed by atoms with Gasteiger partial charge in [-0.2, -0.15) is 5.26 Å². The fourth-order valence-electron chi connectivity index (χ4n) is 1.86. The van der Waals surface area contributed by atoms with E-state index in [2.05, 4.69) is 5.32 Å². The van der Waals surface area contributed by atoms with E-state index in [0.717, 1.165) is 11.3 Å². The molecule has 2 N–H and O–H groups in total. The number of benzene rings is 2. The summed E-state index contributed by atoms with van der Waals surface area (Å²) in [4.78, 5) is 0. The van der Waals surface area contributed by atoms with Crippen LogP contribution in [0.1, 0.15) is 5.56 Å². The molecule has 0 radical (unpaired) electrons. The Bertz CT molecular complexity index is 633. The predicted molar refractivity (Wildman–Crippen MR) is 79.5 cm³/mol. The number of nitrogens with zero attached hydrogens (tertiary/aromatic N) is 1. The van der Waals surface area contributed by atoms with Gasteiger partial charge in [0.05, 0.1) is 7.11 Å². The SMILES string of the molecule is COc1cccc(CNc2ccc(OCC#N)cc2)c1O. The van der Waals surface area contributed by atoms with Crippen molar-refractivity contribution in [3.05, 3.63) is 48.0 Å². The molecule has 0 spiro atoms. The van der Waals surface area contributed by atoms with E-state index in [4.69, 9.17) is 14.7 Å². The summed E-state index contributed by atoms with van der Waals surface area (Å²) in [5.74, 6) is 1.24. The predicted octanol–water partition coefficient (Wildman–Crippen LogP) is 2.92. The molecule has 2 rings (SSSR count). The lowest BCUT2D eigenvalue weighted by molar-refractivity contribution is 0.368. The number of nitrogens with one attached hydrogen (secondary N) is 1. The van der Waals surface area contributed by atoms with Crippen LogP contribution in [0.3, 0.4) is 0 Å². The summed E-state index contributed by atoms with van der Waals surface area (Å²) in [6.07, 6.45) is 0. The van der Waals surface area contributed by atoms with Crippen molar-refractivity contribution in [1.82, 2.24) is 0 Å². The molecule has 0 heterocycles. The van der Waals surface area contributed by atoms with Gasteiger partial charge >= 0.3 is 0 Å². The normalized spacial score (nSPS) is 9.71. The van der Waals surface area contributed by atoms with Crippen LogP contribution in [0, 0.1) is 11.3 Å². The lowest BCUT2D eigenvalue weighted by atomic mass is 10.2. The smallest absolute Gasteiger partial charge is 0.174 e. The van der Waals surface area contributed by atoms with Crippen LogP contribution in [0.25, 0.3) is 0 Å².